The van der Waals surface area contributed by atoms with E-state index in [2.05, 4.69) is 54.8 Å². The van der Waals surface area contributed by atoms with E-state index in [4.69, 9.17) is 4.52 Å². The third-order valence-corrected chi connectivity index (χ3v) is 5.49. The van der Waals surface area contributed by atoms with Crippen molar-refractivity contribution in [1.82, 2.24) is 29.9 Å². The Labute approximate surface area is 201 Å². The molecule has 9 heteroatoms. The number of nitrogens with zero attached hydrogens (tertiary/aromatic N) is 6. The van der Waals surface area contributed by atoms with Gasteiger partial charge in [-0.3, -0.25) is 4.68 Å². The Morgan fingerprint density at radius 3 is 2.68 bits per heavy atom. The number of fused-ring (bicyclic) bond motifs is 2. The number of hydrogen-bond acceptors (Lipinski definition) is 7. The molecule has 0 aliphatic carbocycles. The minimum atomic E-state index is 0. The predicted molar refractivity (Wildman–Crippen MR) is 133 cm³/mol. The van der Waals surface area contributed by atoms with Crippen LogP contribution in [0.4, 0.5) is 11.5 Å². The van der Waals surface area contributed by atoms with Crippen molar-refractivity contribution in [3.05, 3.63) is 90.6 Å². The van der Waals surface area contributed by atoms with E-state index in [-0.39, 0.29) is 12.4 Å². The molecule has 168 valence electrons. The molecule has 0 aliphatic rings. The maximum atomic E-state index is 5.32. The number of benzene rings is 3. The van der Waals surface area contributed by atoms with E-state index in [1.165, 1.54) is 5.56 Å². The second kappa shape index (κ2) is 8.92. The van der Waals surface area contributed by atoms with Gasteiger partial charge >= 0.3 is 0 Å². The Hall–Kier alpha value is -4.30. The summed E-state index contributed by atoms with van der Waals surface area (Å²) in [5.74, 6) is 1.76. The molecule has 3 heterocycles. The minimum Gasteiger partial charge on any atom is -0.340 e. The molecule has 0 unspecified atom stereocenters. The van der Waals surface area contributed by atoms with Crippen LogP contribution in [-0.4, -0.2) is 29.9 Å². The van der Waals surface area contributed by atoms with Gasteiger partial charge in [0.15, 0.2) is 5.82 Å². The SMILES string of the molecule is Cc1noc(-c2ccc3ncnc(Nc4ccc5c(cnn5Cc5ccccc5)c4)c3c2)n1.Cl. The molecule has 3 aromatic heterocycles. The quantitative estimate of drug-likeness (QED) is 0.353. The summed E-state index contributed by atoms with van der Waals surface area (Å²) < 4.78 is 7.33. The van der Waals surface area contributed by atoms with E-state index < -0.39 is 0 Å². The molecule has 0 bridgehead atoms. The lowest BCUT2D eigenvalue weighted by Crippen LogP contribution is -2.01. The van der Waals surface area contributed by atoms with E-state index in [1.54, 1.807) is 13.3 Å². The Kier molecular flexibility index (Phi) is 5.65. The molecule has 0 saturated heterocycles. The molecule has 34 heavy (non-hydrogen) atoms. The standard InChI is InChI=1S/C25H19N7O.ClH/c1-16-29-25(33-31-16)18-7-9-22-21(12-18)24(27-15-26-22)30-20-8-10-23-19(11-20)13-28-32(23)14-17-5-3-2-4-6-17;/h2-13,15H,14H2,1H3,(H,26,27,30);1H. The van der Waals surface area contributed by atoms with Crippen molar-refractivity contribution in [2.24, 2.45) is 0 Å². The van der Waals surface area contributed by atoms with Gasteiger partial charge in [-0.05, 0) is 48.9 Å². The number of aromatic nitrogens is 6. The molecule has 6 aromatic rings. The van der Waals surface area contributed by atoms with Crippen LogP contribution < -0.4 is 5.32 Å². The summed E-state index contributed by atoms with van der Waals surface area (Å²) >= 11 is 0. The summed E-state index contributed by atoms with van der Waals surface area (Å²) in [6, 6.07) is 22.3. The molecule has 3 aromatic carbocycles. The second-order valence-corrected chi connectivity index (χ2v) is 7.79. The van der Waals surface area contributed by atoms with Crippen molar-refractivity contribution in [1.29, 1.82) is 0 Å². The van der Waals surface area contributed by atoms with Crippen molar-refractivity contribution >= 4 is 45.7 Å². The fourth-order valence-electron chi connectivity index (χ4n) is 3.89. The summed E-state index contributed by atoms with van der Waals surface area (Å²) in [5, 5.41) is 13.8. The van der Waals surface area contributed by atoms with E-state index in [0.29, 0.717) is 17.5 Å². The Morgan fingerprint density at radius 2 is 1.85 bits per heavy atom. The van der Waals surface area contributed by atoms with Crippen LogP contribution in [0.5, 0.6) is 0 Å². The van der Waals surface area contributed by atoms with Crippen molar-refractivity contribution < 1.29 is 4.52 Å². The smallest absolute Gasteiger partial charge is 0.257 e. The van der Waals surface area contributed by atoms with Crippen LogP contribution in [0.3, 0.4) is 0 Å². The largest absolute Gasteiger partial charge is 0.340 e. The highest BCUT2D eigenvalue weighted by atomic mass is 35.5. The van der Waals surface area contributed by atoms with Gasteiger partial charge in [0.25, 0.3) is 5.89 Å². The van der Waals surface area contributed by atoms with Gasteiger partial charge in [0.05, 0.1) is 23.8 Å². The second-order valence-electron chi connectivity index (χ2n) is 7.79. The topological polar surface area (TPSA) is 94.5 Å². The summed E-state index contributed by atoms with van der Waals surface area (Å²) in [6.07, 6.45) is 3.44. The third kappa shape index (κ3) is 4.06. The number of hydrogen-bond donors (Lipinski definition) is 1. The third-order valence-electron chi connectivity index (χ3n) is 5.49. The number of nitrogens with one attached hydrogen (secondary N) is 1. The first-order valence-electron chi connectivity index (χ1n) is 10.5. The summed E-state index contributed by atoms with van der Waals surface area (Å²) in [7, 11) is 0. The maximum absolute atomic E-state index is 5.32. The Balaban J connectivity index is 0.00000241. The first kappa shape index (κ1) is 21.5. The van der Waals surface area contributed by atoms with Gasteiger partial charge in [0.2, 0.25) is 0 Å². The molecule has 6 rings (SSSR count). The van der Waals surface area contributed by atoms with Crippen molar-refractivity contribution in [3.63, 3.8) is 0 Å². The van der Waals surface area contributed by atoms with E-state index in [9.17, 15) is 0 Å². The first-order chi connectivity index (χ1) is 16.2. The molecule has 0 fully saturated rings. The van der Waals surface area contributed by atoms with E-state index in [1.807, 2.05) is 53.3 Å². The normalized spacial score (nSPS) is 11.0. The summed E-state index contributed by atoms with van der Waals surface area (Å²) in [5.41, 5.74) is 4.85. The predicted octanol–water partition coefficient (Wildman–Crippen LogP) is 5.55. The van der Waals surface area contributed by atoms with E-state index in [0.717, 1.165) is 39.6 Å². The zero-order chi connectivity index (χ0) is 22.2. The van der Waals surface area contributed by atoms with Gasteiger partial charge in [0, 0.05) is 22.0 Å². The van der Waals surface area contributed by atoms with Crippen molar-refractivity contribution in [3.8, 4) is 11.5 Å². The van der Waals surface area contributed by atoms with Gasteiger partial charge in [0.1, 0.15) is 12.1 Å². The maximum Gasteiger partial charge on any atom is 0.257 e. The van der Waals surface area contributed by atoms with Crippen LogP contribution in [0.2, 0.25) is 0 Å². The van der Waals surface area contributed by atoms with Crippen LogP contribution in [-0.2, 0) is 6.54 Å². The van der Waals surface area contributed by atoms with Crippen LogP contribution in [0.1, 0.15) is 11.4 Å². The molecule has 0 radical (unpaired) electrons. The zero-order valence-corrected chi connectivity index (χ0v) is 19.0. The molecule has 0 amide bonds. The lowest BCUT2D eigenvalue weighted by atomic mass is 10.1. The monoisotopic (exact) mass is 469 g/mol. The molecule has 0 spiro atoms. The Bertz CT molecular complexity index is 1590. The van der Waals surface area contributed by atoms with Crippen LogP contribution in [0.25, 0.3) is 33.3 Å². The first-order valence-corrected chi connectivity index (χ1v) is 10.5. The highest BCUT2D eigenvalue weighted by Gasteiger charge is 2.11. The Morgan fingerprint density at radius 1 is 0.971 bits per heavy atom. The fraction of sp³-hybridized carbons (Fsp3) is 0.0800. The molecule has 1 N–H and O–H groups in total. The summed E-state index contributed by atoms with van der Waals surface area (Å²) in [6.45, 7) is 2.52. The van der Waals surface area contributed by atoms with Crippen molar-refractivity contribution in [2.45, 2.75) is 13.5 Å². The minimum absolute atomic E-state index is 0. The molecular weight excluding hydrogens is 450 g/mol. The molecule has 0 saturated carbocycles. The zero-order valence-electron chi connectivity index (χ0n) is 18.2. The van der Waals surface area contributed by atoms with Crippen LogP contribution in [0.15, 0.2) is 83.8 Å². The molecule has 0 atom stereocenters. The average Bonchev–Trinajstić information content (AvgIpc) is 3.46. The number of halogens is 1. The lowest BCUT2D eigenvalue weighted by Gasteiger charge is -2.10. The van der Waals surface area contributed by atoms with Gasteiger partial charge in [-0.1, -0.05) is 35.5 Å². The fourth-order valence-corrected chi connectivity index (χ4v) is 3.89. The molecular formula is C25H20ClN7O. The average molecular weight is 470 g/mol. The van der Waals surface area contributed by atoms with E-state index >= 15 is 0 Å². The molecule has 8 nitrogen and oxygen atoms in total. The molecule has 0 aliphatic heterocycles. The highest BCUT2D eigenvalue weighted by molar-refractivity contribution is 5.94. The summed E-state index contributed by atoms with van der Waals surface area (Å²) in [4.78, 5) is 13.2. The van der Waals surface area contributed by atoms with Crippen LogP contribution >= 0.6 is 12.4 Å². The number of rotatable bonds is 5. The van der Waals surface area contributed by atoms with Gasteiger partial charge in [-0.25, -0.2) is 9.97 Å². The van der Waals surface area contributed by atoms with Gasteiger partial charge in [-0.15, -0.1) is 12.4 Å². The van der Waals surface area contributed by atoms with Crippen LogP contribution in [0, 0.1) is 6.92 Å². The van der Waals surface area contributed by atoms with Gasteiger partial charge < -0.3 is 9.84 Å². The van der Waals surface area contributed by atoms with Crippen molar-refractivity contribution in [2.75, 3.05) is 5.32 Å². The number of anilines is 2. The lowest BCUT2D eigenvalue weighted by molar-refractivity contribution is 0.425. The van der Waals surface area contributed by atoms with Gasteiger partial charge in [-0.2, -0.15) is 10.1 Å². The number of aryl methyl sites for hydroxylation is 1. The highest BCUT2D eigenvalue weighted by Crippen LogP contribution is 2.29.